The van der Waals surface area contributed by atoms with Crippen LogP contribution >= 0.6 is 0 Å². The highest BCUT2D eigenvalue weighted by atomic mass is 16.2. The lowest BCUT2D eigenvalue weighted by atomic mass is 9.98. The number of aryl methyl sites for hydroxylation is 2. The first kappa shape index (κ1) is 15.7. The van der Waals surface area contributed by atoms with E-state index in [1.54, 1.807) is 0 Å². The summed E-state index contributed by atoms with van der Waals surface area (Å²) in [5.74, 6) is 0.0681. The van der Waals surface area contributed by atoms with Gasteiger partial charge in [0, 0.05) is 11.6 Å². The third-order valence-corrected chi connectivity index (χ3v) is 4.03. The van der Waals surface area contributed by atoms with Gasteiger partial charge in [0.25, 0.3) is 0 Å². The van der Waals surface area contributed by atoms with E-state index in [0.29, 0.717) is 6.04 Å². The van der Waals surface area contributed by atoms with Gasteiger partial charge in [-0.3, -0.25) is 14.5 Å². The molecule has 1 unspecified atom stereocenters. The van der Waals surface area contributed by atoms with Crippen molar-refractivity contribution in [1.29, 1.82) is 0 Å². The Bertz CT molecular complexity index is 550. The second-order valence-electron chi connectivity index (χ2n) is 6.12. The van der Waals surface area contributed by atoms with Gasteiger partial charge in [-0.05, 0) is 52.3 Å². The minimum Gasteiger partial charge on any atom is -0.352 e. The van der Waals surface area contributed by atoms with E-state index >= 15 is 0 Å². The summed E-state index contributed by atoms with van der Waals surface area (Å²) in [7, 11) is 1.82. The number of ketones is 1. The fraction of sp³-hybridized carbons (Fsp3) is 0.529. The Hall–Kier alpha value is -1.68. The predicted molar refractivity (Wildman–Crippen MR) is 83.5 cm³/mol. The fourth-order valence-corrected chi connectivity index (χ4v) is 2.29. The Kier molecular flexibility index (Phi) is 4.78. The summed E-state index contributed by atoms with van der Waals surface area (Å²) in [5.41, 5.74) is 2.80. The van der Waals surface area contributed by atoms with E-state index in [1.807, 2.05) is 50.9 Å². The molecule has 1 aliphatic carbocycles. The molecule has 1 amide bonds. The van der Waals surface area contributed by atoms with Gasteiger partial charge in [-0.2, -0.15) is 0 Å². The van der Waals surface area contributed by atoms with Crippen molar-refractivity contribution >= 4 is 11.7 Å². The van der Waals surface area contributed by atoms with E-state index in [-0.39, 0.29) is 24.3 Å². The van der Waals surface area contributed by atoms with Crippen molar-refractivity contribution in [3.8, 4) is 0 Å². The number of benzene rings is 1. The van der Waals surface area contributed by atoms with Gasteiger partial charge in [0.15, 0.2) is 5.78 Å². The molecule has 1 saturated carbocycles. The van der Waals surface area contributed by atoms with Gasteiger partial charge in [-0.1, -0.05) is 17.7 Å². The first-order valence-electron chi connectivity index (χ1n) is 7.49. The summed E-state index contributed by atoms with van der Waals surface area (Å²) in [6.45, 7) is 6.04. The highest BCUT2D eigenvalue weighted by molar-refractivity contribution is 6.01. The van der Waals surface area contributed by atoms with E-state index in [4.69, 9.17) is 0 Å². The minimum atomic E-state index is -0.310. The van der Waals surface area contributed by atoms with Gasteiger partial charge in [0.1, 0.15) is 0 Å². The van der Waals surface area contributed by atoms with Gasteiger partial charge < -0.3 is 5.32 Å². The second-order valence-corrected chi connectivity index (χ2v) is 6.12. The van der Waals surface area contributed by atoms with E-state index < -0.39 is 0 Å². The molecule has 0 heterocycles. The molecular weight excluding hydrogens is 264 g/mol. The zero-order chi connectivity index (χ0) is 15.6. The maximum Gasteiger partial charge on any atom is 0.234 e. The number of nitrogens with zero attached hydrogens (tertiary/aromatic N) is 1. The first-order valence-corrected chi connectivity index (χ1v) is 7.49. The largest absolute Gasteiger partial charge is 0.352 e. The Balaban J connectivity index is 2.00. The van der Waals surface area contributed by atoms with Gasteiger partial charge in [-0.15, -0.1) is 0 Å². The van der Waals surface area contributed by atoms with Crippen molar-refractivity contribution in [3.63, 3.8) is 0 Å². The number of hydrogen-bond acceptors (Lipinski definition) is 3. The maximum atomic E-state index is 12.6. The number of carbonyl (C=O) groups excluding carboxylic acids is 2. The van der Waals surface area contributed by atoms with Crippen LogP contribution in [0.4, 0.5) is 0 Å². The van der Waals surface area contributed by atoms with Crippen LogP contribution in [-0.4, -0.2) is 42.3 Å². The Labute approximate surface area is 126 Å². The molecule has 4 nitrogen and oxygen atoms in total. The van der Waals surface area contributed by atoms with Crippen molar-refractivity contribution in [1.82, 2.24) is 10.2 Å². The summed E-state index contributed by atoms with van der Waals surface area (Å²) in [6, 6.07) is 5.94. The molecule has 0 aliphatic heterocycles. The number of rotatable bonds is 6. The van der Waals surface area contributed by atoms with Crippen molar-refractivity contribution in [3.05, 3.63) is 34.9 Å². The molecule has 1 aliphatic rings. The monoisotopic (exact) mass is 288 g/mol. The molecule has 1 N–H and O–H groups in total. The summed E-state index contributed by atoms with van der Waals surface area (Å²) < 4.78 is 0. The quantitative estimate of drug-likeness (QED) is 0.815. The van der Waals surface area contributed by atoms with Crippen LogP contribution in [0, 0.1) is 13.8 Å². The molecule has 1 aromatic carbocycles. The lowest BCUT2D eigenvalue weighted by Gasteiger charge is -2.23. The standard InChI is InChI=1S/C17H24N2O2/c1-11-5-6-12(2)15(9-11)17(21)13(3)19(4)10-16(20)18-14-7-8-14/h5-6,9,13-14H,7-8,10H2,1-4H3,(H,18,20). The fourth-order valence-electron chi connectivity index (χ4n) is 2.29. The third kappa shape index (κ3) is 4.14. The van der Waals surface area contributed by atoms with Crippen LogP contribution in [-0.2, 0) is 4.79 Å². The summed E-state index contributed by atoms with van der Waals surface area (Å²) >= 11 is 0. The Morgan fingerprint density at radius 3 is 2.62 bits per heavy atom. The molecule has 0 bridgehead atoms. The minimum absolute atomic E-state index is 0.000569. The van der Waals surface area contributed by atoms with Crippen molar-refractivity contribution in [2.75, 3.05) is 13.6 Å². The van der Waals surface area contributed by atoms with Gasteiger partial charge in [0.2, 0.25) is 5.91 Å². The molecule has 0 radical (unpaired) electrons. The van der Waals surface area contributed by atoms with Gasteiger partial charge >= 0.3 is 0 Å². The maximum absolute atomic E-state index is 12.6. The van der Waals surface area contributed by atoms with Crippen LogP contribution in [0.5, 0.6) is 0 Å². The molecule has 0 aromatic heterocycles. The number of amides is 1. The molecule has 0 saturated heterocycles. The molecule has 21 heavy (non-hydrogen) atoms. The number of Topliss-reactive ketones (excluding diaryl/α,β-unsaturated/α-hetero) is 1. The second kappa shape index (κ2) is 6.39. The van der Waals surface area contributed by atoms with Crippen molar-refractivity contribution < 1.29 is 9.59 Å². The van der Waals surface area contributed by atoms with Crippen LogP contribution in [0.25, 0.3) is 0 Å². The molecule has 4 heteroatoms. The number of nitrogens with one attached hydrogen (secondary N) is 1. The van der Waals surface area contributed by atoms with Gasteiger partial charge in [0.05, 0.1) is 12.6 Å². The van der Waals surface area contributed by atoms with Crippen LogP contribution in [0.1, 0.15) is 41.3 Å². The Morgan fingerprint density at radius 1 is 1.33 bits per heavy atom. The highest BCUT2D eigenvalue weighted by Crippen LogP contribution is 2.18. The molecular formula is C17H24N2O2. The van der Waals surface area contributed by atoms with Crippen molar-refractivity contribution in [2.24, 2.45) is 0 Å². The smallest absolute Gasteiger partial charge is 0.234 e. The molecule has 1 atom stereocenters. The molecule has 1 aromatic rings. The van der Waals surface area contributed by atoms with Crippen molar-refractivity contribution in [2.45, 2.75) is 45.7 Å². The third-order valence-electron chi connectivity index (χ3n) is 4.03. The molecule has 1 fully saturated rings. The summed E-state index contributed by atoms with van der Waals surface area (Å²) in [5, 5.41) is 2.95. The number of hydrogen-bond donors (Lipinski definition) is 1. The SMILES string of the molecule is Cc1ccc(C)c(C(=O)C(C)N(C)CC(=O)NC2CC2)c1. The average molecular weight is 288 g/mol. The van der Waals surface area contributed by atoms with Gasteiger partial charge in [-0.25, -0.2) is 0 Å². The number of likely N-dealkylation sites (N-methyl/N-ethyl adjacent to an activating group) is 1. The van der Waals surface area contributed by atoms with Crippen LogP contribution in [0.3, 0.4) is 0 Å². The zero-order valence-corrected chi connectivity index (χ0v) is 13.3. The predicted octanol–water partition coefficient (Wildman–Crippen LogP) is 2.09. The molecule has 114 valence electrons. The van der Waals surface area contributed by atoms with E-state index in [1.165, 1.54) is 0 Å². The zero-order valence-electron chi connectivity index (χ0n) is 13.3. The normalized spacial score (nSPS) is 15.9. The highest BCUT2D eigenvalue weighted by Gasteiger charge is 2.26. The van der Waals surface area contributed by atoms with Crippen LogP contribution in [0.2, 0.25) is 0 Å². The summed E-state index contributed by atoms with van der Waals surface area (Å²) in [4.78, 5) is 26.2. The lowest BCUT2D eigenvalue weighted by molar-refractivity contribution is -0.122. The van der Waals surface area contributed by atoms with Crippen LogP contribution in [0.15, 0.2) is 18.2 Å². The molecule has 0 spiro atoms. The topological polar surface area (TPSA) is 49.4 Å². The first-order chi connectivity index (χ1) is 9.88. The number of carbonyl (C=O) groups is 2. The van der Waals surface area contributed by atoms with E-state index in [2.05, 4.69) is 5.32 Å². The Morgan fingerprint density at radius 2 is 2.00 bits per heavy atom. The lowest BCUT2D eigenvalue weighted by Crippen LogP contribution is -2.43. The van der Waals surface area contributed by atoms with Crippen LogP contribution < -0.4 is 5.32 Å². The van der Waals surface area contributed by atoms with E-state index in [0.717, 1.165) is 29.5 Å². The van der Waals surface area contributed by atoms with E-state index in [9.17, 15) is 9.59 Å². The molecule has 2 rings (SSSR count). The summed E-state index contributed by atoms with van der Waals surface area (Å²) in [6.07, 6.45) is 2.15. The average Bonchev–Trinajstić information content (AvgIpc) is 3.23.